The fourth-order valence-electron chi connectivity index (χ4n) is 4.14. The van der Waals surface area contributed by atoms with E-state index in [1.807, 2.05) is 18.2 Å². The van der Waals surface area contributed by atoms with Crippen LogP contribution in [-0.2, 0) is 22.6 Å². The van der Waals surface area contributed by atoms with Crippen LogP contribution in [0.2, 0.25) is 0 Å². The number of ketones is 1. The van der Waals surface area contributed by atoms with Gasteiger partial charge in [-0.3, -0.25) is 9.78 Å². The summed E-state index contributed by atoms with van der Waals surface area (Å²) in [5, 5.41) is 19.4. The van der Waals surface area contributed by atoms with Crippen molar-refractivity contribution in [2.75, 3.05) is 5.32 Å². The van der Waals surface area contributed by atoms with E-state index in [4.69, 9.17) is 24.8 Å². The lowest BCUT2D eigenvalue weighted by atomic mass is 9.75. The Balaban J connectivity index is 0.000000454. The summed E-state index contributed by atoms with van der Waals surface area (Å²) in [6.45, 7) is 9.24. The fraction of sp³-hybridized carbons (Fsp3) is 0.308. The number of hydrogen-bond acceptors (Lipinski definition) is 5. The van der Waals surface area contributed by atoms with Gasteiger partial charge in [-0.15, -0.1) is 0 Å². The van der Waals surface area contributed by atoms with Crippen molar-refractivity contribution in [2.45, 2.75) is 47.1 Å². The van der Waals surface area contributed by atoms with Gasteiger partial charge in [0.2, 0.25) is 0 Å². The summed E-state index contributed by atoms with van der Waals surface area (Å²) in [6, 6.07) is 14.6. The summed E-state index contributed by atoms with van der Waals surface area (Å²) >= 11 is 0. The average molecular weight is 449 g/mol. The number of hydrogen-bond donors (Lipinski definition) is 3. The van der Waals surface area contributed by atoms with Crippen LogP contribution in [0.25, 0.3) is 10.9 Å². The molecule has 7 nitrogen and oxygen atoms in total. The van der Waals surface area contributed by atoms with E-state index in [0.29, 0.717) is 13.0 Å². The molecule has 0 fully saturated rings. The third-order valence-corrected chi connectivity index (χ3v) is 5.67. The Morgan fingerprint density at radius 1 is 1.03 bits per heavy atom. The van der Waals surface area contributed by atoms with Crippen LogP contribution < -0.4 is 5.32 Å². The van der Waals surface area contributed by atoms with Crippen molar-refractivity contribution in [2.24, 2.45) is 5.41 Å². The largest absolute Gasteiger partial charge is 0.473 e. The van der Waals surface area contributed by atoms with Crippen molar-refractivity contribution in [3.8, 4) is 0 Å². The summed E-state index contributed by atoms with van der Waals surface area (Å²) in [5.74, 6) is -3.45. The normalized spacial score (nSPS) is 14.1. The maximum Gasteiger partial charge on any atom is 0.414 e. The molecular weight excluding hydrogens is 420 g/mol. The van der Waals surface area contributed by atoms with Gasteiger partial charge in [-0.25, -0.2) is 9.59 Å². The van der Waals surface area contributed by atoms with Gasteiger partial charge in [0.15, 0.2) is 5.78 Å². The van der Waals surface area contributed by atoms with Gasteiger partial charge in [0.05, 0.1) is 22.5 Å². The molecule has 1 aliphatic carbocycles. The van der Waals surface area contributed by atoms with Crippen LogP contribution in [0.4, 0.5) is 5.69 Å². The van der Waals surface area contributed by atoms with Crippen LogP contribution in [0.3, 0.4) is 0 Å². The minimum atomic E-state index is -1.82. The fourth-order valence-corrected chi connectivity index (χ4v) is 4.14. The number of aromatic nitrogens is 1. The predicted molar refractivity (Wildman–Crippen MR) is 127 cm³/mol. The minimum Gasteiger partial charge on any atom is -0.473 e. The van der Waals surface area contributed by atoms with Crippen molar-refractivity contribution < 1.29 is 24.6 Å². The SMILES string of the molecule is Cc1ccc(CNc2c3c(nc4ccccc24)CC(C)(C)CC3=O)c(C)c1.O=C(O)C(=O)O. The third-order valence-electron chi connectivity index (χ3n) is 5.67. The van der Waals surface area contributed by atoms with E-state index in [1.165, 1.54) is 16.7 Å². The molecule has 172 valence electrons. The molecular formula is C26H28N2O5. The second kappa shape index (κ2) is 9.40. The number of carbonyl (C=O) groups excluding carboxylic acids is 1. The van der Waals surface area contributed by atoms with Crippen LogP contribution in [0.1, 0.15) is 53.0 Å². The number of carboxylic acids is 2. The summed E-state index contributed by atoms with van der Waals surface area (Å²) in [6.07, 6.45) is 1.40. The lowest BCUT2D eigenvalue weighted by molar-refractivity contribution is -0.159. The highest BCUT2D eigenvalue weighted by molar-refractivity contribution is 6.27. The maximum absolute atomic E-state index is 13.0. The first-order valence-electron chi connectivity index (χ1n) is 10.7. The zero-order valence-electron chi connectivity index (χ0n) is 19.2. The van der Waals surface area contributed by atoms with E-state index >= 15 is 0 Å². The molecule has 1 heterocycles. The molecule has 0 spiro atoms. The first-order chi connectivity index (χ1) is 15.5. The molecule has 0 amide bonds. The van der Waals surface area contributed by atoms with Gasteiger partial charge >= 0.3 is 11.9 Å². The number of aliphatic carboxylic acids is 2. The Labute approximate surface area is 192 Å². The van der Waals surface area contributed by atoms with E-state index < -0.39 is 11.9 Å². The summed E-state index contributed by atoms with van der Waals surface area (Å²) in [4.78, 5) is 36.1. The standard InChI is InChI=1S/C24H26N2O.C2H2O4/c1-15-9-10-17(16(2)11-15)14-25-23-18-7-5-6-8-19(18)26-20-12-24(3,4)13-21(27)22(20)23;3-1(4)2(5)6/h5-11H,12-14H2,1-4H3,(H,25,26);(H,3,4)(H,5,6). The van der Waals surface area contributed by atoms with Crippen LogP contribution >= 0.6 is 0 Å². The first kappa shape index (κ1) is 23.9. The molecule has 1 aromatic heterocycles. The number of benzene rings is 2. The van der Waals surface area contributed by atoms with Crippen molar-refractivity contribution in [1.82, 2.24) is 4.98 Å². The van der Waals surface area contributed by atoms with Gasteiger partial charge in [0, 0.05) is 18.4 Å². The molecule has 1 aliphatic rings. The molecule has 3 aromatic rings. The van der Waals surface area contributed by atoms with Gasteiger partial charge in [0.25, 0.3) is 0 Å². The number of carbonyl (C=O) groups is 3. The number of fused-ring (bicyclic) bond motifs is 2. The van der Waals surface area contributed by atoms with Crippen molar-refractivity contribution in [3.05, 3.63) is 70.4 Å². The van der Waals surface area contributed by atoms with Crippen LogP contribution in [0, 0.1) is 19.3 Å². The molecule has 0 saturated carbocycles. The van der Waals surface area contributed by atoms with E-state index in [9.17, 15) is 4.79 Å². The number of rotatable bonds is 3. The highest BCUT2D eigenvalue weighted by Crippen LogP contribution is 2.39. The Bertz CT molecular complexity index is 1230. The second-order valence-electron chi connectivity index (χ2n) is 9.16. The zero-order chi connectivity index (χ0) is 24.3. The highest BCUT2D eigenvalue weighted by atomic mass is 16.4. The van der Waals surface area contributed by atoms with Gasteiger partial charge in [-0.2, -0.15) is 0 Å². The van der Waals surface area contributed by atoms with Crippen molar-refractivity contribution in [1.29, 1.82) is 0 Å². The summed E-state index contributed by atoms with van der Waals surface area (Å²) in [7, 11) is 0. The number of aryl methyl sites for hydroxylation is 2. The van der Waals surface area contributed by atoms with Crippen LogP contribution in [-0.4, -0.2) is 32.9 Å². The first-order valence-corrected chi connectivity index (χ1v) is 10.7. The lowest BCUT2D eigenvalue weighted by Crippen LogP contribution is -2.29. The zero-order valence-corrected chi connectivity index (χ0v) is 19.2. The molecule has 0 bridgehead atoms. The number of nitrogens with one attached hydrogen (secondary N) is 1. The number of para-hydroxylation sites is 1. The Morgan fingerprint density at radius 3 is 2.33 bits per heavy atom. The van der Waals surface area contributed by atoms with Crippen LogP contribution in [0.15, 0.2) is 42.5 Å². The smallest absolute Gasteiger partial charge is 0.414 e. The van der Waals surface area contributed by atoms with Gasteiger partial charge in [-0.1, -0.05) is 55.8 Å². The number of pyridine rings is 1. The van der Waals surface area contributed by atoms with Gasteiger partial charge < -0.3 is 15.5 Å². The van der Waals surface area contributed by atoms with Gasteiger partial charge in [0.1, 0.15) is 0 Å². The number of anilines is 1. The number of Topliss-reactive ketones (excluding diaryl/α,β-unsaturated/α-hetero) is 1. The molecule has 2 aromatic carbocycles. The molecule has 0 atom stereocenters. The Hall–Kier alpha value is -3.74. The third kappa shape index (κ3) is 5.55. The Morgan fingerprint density at radius 2 is 1.70 bits per heavy atom. The van der Waals surface area contributed by atoms with Gasteiger partial charge in [-0.05, 0) is 42.9 Å². The quantitative estimate of drug-likeness (QED) is 0.494. The van der Waals surface area contributed by atoms with E-state index in [1.54, 1.807) is 0 Å². The number of carboxylic acid groups (broad SMARTS) is 2. The maximum atomic E-state index is 13.0. The minimum absolute atomic E-state index is 0.0373. The lowest BCUT2D eigenvalue weighted by Gasteiger charge is -2.31. The topological polar surface area (TPSA) is 117 Å². The monoisotopic (exact) mass is 448 g/mol. The van der Waals surface area contributed by atoms with Crippen molar-refractivity contribution in [3.63, 3.8) is 0 Å². The molecule has 0 radical (unpaired) electrons. The molecule has 4 rings (SSSR count). The van der Waals surface area contributed by atoms with E-state index in [0.717, 1.165) is 34.3 Å². The highest BCUT2D eigenvalue weighted by Gasteiger charge is 2.34. The molecule has 0 aliphatic heterocycles. The molecule has 0 saturated heterocycles. The van der Waals surface area contributed by atoms with Crippen molar-refractivity contribution >= 4 is 34.3 Å². The predicted octanol–water partition coefficient (Wildman–Crippen LogP) is 4.77. The molecule has 3 N–H and O–H groups in total. The number of nitrogens with zero attached hydrogens (tertiary/aromatic N) is 1. The molecule has 0 unspecified atom stereocenters. The molecule has 7 heteroatoms. The summed E-state index contributed by atoms with van der Waals surface area (Å²) in [5.41, 5.74) is 7.35. The molecule has 33 heavy (non-hydrogen) atoms. The Kier molecular flexibility index (Phi) is 6.81. The summed E-state index contributed by atoms with van der Waals surface area (Å²) < 4.78 is 0. The van der Waals surface area contributed by atoms with Crippen LogP contribution in [0.5, 0.6) is 0 Å². The van der Waals surface area contributed by atoms with E-state index in [-0.39, 0.29) is 11.2 Å². The van der Waals surface area contributed by atoms with E-state index in [2.05, 4.69) is 57.3 Å². The second-order valence-corrected chi connectivity index (χ2v) is 9.16. The average Bonchev–Trinajstić information content (AvgIpc) is 2.71.